The van der Waals surface area contributed by atoms with Gasteiger partial charge in [0.15, 0.2) is 18.8 Å². The Morgan fingerprint density at radius 2 is 1.95 bits per heavy atom. The van der Waals surface area contributed by atoms with E-state index in [4.69, 9.17) is 19.9 Å². The van der Waals surface area contributed by atoms with Crippen LogP contribution < -0.4 is 15.6 Å². The van der Waals surface area contributed by atoms with Crippen molar-refractivity contribution in [1.82, 2.24) is 24.6 Å². The first-order chi connectivity index (χ1) is 18.0. The van der Waals surface area contributed by atoms with E-state index in [0.717, 1.165) is 5.56 Å². The van der Waals surface area contributed by atoms with Crippen LogP contribution in [0.25, 0.3) is 11.2 Å². The molecule has 0 saturated heterocycles. The van der Waals surface area contributed by atoms with E-state index in [1.165, 1.54) is 6.33 Å². The van der Waals surface area contributed by atoms with Gasteiger partial charge in [-0.2, -0.15) is 0 Å². The minimum atomic E-state index is -3.28. The molecule has 2 aromatic heterocycles. The summed E-state index contributed by atoms with van der Waals surface area (Å²) in [5.41, 5.74) is 6.88. The largest absolute Gasteiger partial charge is 0.496 e. The van der Waals surface area contributed by atoms with E-state index in [1.54, 1.807) is 27.3 Å². The molecule has 0 amide bonds. The van der Waals surface area contributed by atoms with E-state index in [0.29, 0.717) is 42.3 Å². The summed E-state index contributed by atoms with van der Waals surface area (Å²) in [7, 11) is -1.68. The number of para-hydroxylation sites is 1. The predicted molar refractivity (Wildman–Crippen MR) is 147 cm³/mol. The van der Waals surface area contributed by atoms with Crippen LogP contribution in [0.2, 0.25) is 0 Å². The second-order valence-electron chi connectivity index (χ2n) is 10.1. The van der Waals surface area contributed by atoms with Gasteiger partial charge in [0, 0.05) is 17.8 Å². The summed E-state index contributed by atoms with van der Waals surface area (Å²) in [5, 5.41) is 3.29. The number of hydrogen-bond donors (Lipinski definition) is 2. The topological polar surface area (TPSA) is 143 Å². The third-order valence-corrected chi connectivity index (χ3v) is 8.85. The summed E-state index contributed by atoms with van der Waals surface area (Å²) in [6.45, 7) is 9.95. The average molecular weight is 547 g/mol. The number of hydrogen-bond acceptors (Lipinski definition) is 9. The van der Waals surface area contributed by atoms with Crippen molar-refractivity contribution in [3.63, 3.8) is 0 Å². The molecule has 0 bridgehead atoms. The number of nitrogens with zero attached hydrogens (tertiary/aromatic N) is 4. The Morgan fingerprint density at radius 3 is 2.66 bits per heavy atom. The molecule has 12 heteroatoms. The lowest BCUT2D eigenvalue weighted by atomic mass is 9.97. The molecule has 3 N–H and O–H groups in total. The van der Waals surface area contributed by atoms with Gasteiger partial charge in [-0.3, -0.25) is 9.88 Å². The molecule has 1 aromatic carbocycles. The fraction of sp³-hybridized carbons (Fsp3) is 0.538. The first-order valence-electron chi connectivity index (χ1n) is 12.7. The molecule has 38 heavy (non-hydrogen) atoms. The molecule has 3 rings (SSSR count). The number of esters is 1. The van der Waals surface area contributed by atoms with E-state index in [9.17, 15) is 9.36 Å². The smallest absolute Gasteiger partial charge is 0.312 e. The van der Waals surface area contributed by atoms with Crippen LogP contribution in [0, 0.1) is 5.41 Å². The maximum atomic E-state index is 14.4. The SMILES string of the molecule is CCCOC(=O)C(C)(C)CP(=O)(CO[C@H](C)Cn1cnc2c(N)ncnc21)N[C@@H](C)c1ccccc1OC. The third kappa shape index (κ3) is 7.30. The van der Waals surface area contributed by atoms with Gasteiger partial charge in [-0.05, 0) is 40.2 Å². The van der Waals surface area contributed by atoms with Gasteiger partial charge in [0.05, 0.1) is 38.1 Å². The van der Waals surface area contributed by atoms with Gasteiger partial charge < -0.3 is 29.1 Å². The number of imidazole rings is 1. The second-order valence-corrected chi connectivity index (χ2v) is 12.7. The number of nitrogen functional groups attached to an aromatic ring is 1. The third-order valence-electron chi connectivity index (χ3n) is 6.13. The number of carbonyl (C=O) groups is 1. The monoisotopic (exact) mass is 546 g/mol. The Bertz CT molecular complexity index is 1280. The van der Waals surface area contributed by atoms with Crippen molar-refractivity contribution < 1.29 is 23.6 Å². The lowest BCUT2D eigenvalue weighted by molar-refractivity contribution is -0.152. The molecular formula is C26H39N6O5P. The van der Waals surface area contributed by atoms with Crippen LogP contribution in [0.5, 0.6) is 5.75 Å². The molecule has 0 saturated carbocycles. The van der Waals surface area contributed by atoms with Crippen molar-refractivity contribution in [1.29, 1.82) is 0 Å². The summed E-state index contributed by atoms with van der Waals surface area (Å²) < 4.78 is 33.3. The Hall–Kier alpha value is -3.01. The lowest BCUT2D eigenvalue weighted by Crippen LogP contribution is -2.35. The molecule has 3 aromatic rings. The molecule has 0 fully saturated rings. The summed E-state index contributed by atoms with van der Waals surface area (Å²) >= 11 is 0. The molecule has 11 nitrogen and oxygen atoms in total. The lowest BCUT2D eigenvalue weighted by Gasteiger charge is -2.32. The van der Waals surface area contributed by atoms with Crippen LogP contribution in [0.3, 0.4) is 0 Å². The number of ether oxygens (including phenoxy) is 3. The van der Waals surface area contributed by atoms with Crippen molar-refractivity contribution >= 4 is 30.2 Å². The first kappa shape index (κ1) is 29.5. The van der Waals surface area contributed by atoms with Gasteiger partial charge in [0.2, 0.25) is 0 Å². The Balaban J connectivity index is 1.79. The molecule has 0 aliphatic carbocycles. The number of aromatic nitrogens is 4. The number of carbonyl (C=O) groups excluding carboxylic acids is 1. The highest BCUT2D eigenvalue weighted by molar-refractivity contribution is 7.61. The summed E-state index contributed by atoms with van der Waals surface area (Å²) in [5.74, 6) is 0.600. The maximum absolute atomic E-state index is 14.4. The first-order valence-corrected chi connectivity index (χ1v) is 14.8. The highest BCUT2D eigenvalue weighted by Gasteiger charge is 2.39. The number of anilines is 1. The zero-order chi connectivity index (χ0) is 27.9. The highest BCUT2D eigenvalue weighted by atomic mass is 31.2. The molecule has 0 aliphatic rings. The fourth-order valence-electron chi connectivity index (χ4n) is 4.28. The minimum absolute atomic E-state index is 0.0620. The Morgan fingerprint density at radius 1 is 1.21 bits per heavy atom. The van der Waals surface area contributed by atoms with Gasteiger partial charge in [0.1, 0.15) is 23.9 Å². The van der Waals surface area contributed by atoms with E-state index >= 15 is 0 Å². The van der Waals surface area contributed by atoms with Crippen molar-refractivity contribution in [2.24, 2.45) is 5.41 Å². The summed E-state index contributed by atoms with van der Waals surface area (Å²) in [6, 6.07) is 7.23. The molecule has 2 heterocycles. The van der Waals surface area contributed by atoms with Crippen LogP contribution in [0.15, 0.2) is 36.9 Å². The number of nitrogens with one attached hydrogen (secondary N) is 1. The zero-order valence-electron chi connectivity index (χ0n) is 23.0. The minimum Gasteiger partial charge on any atom is -0.496 e. The van der Waals surface area contributed by atoms with E-state index in [1.807, 2.05) is 49.6 Å². The standard InChI is InChI=1S/C26H39N6O5P/c1-7-12-36-25(33)26(4,5)14-38(34,31-19(3)20-10-8-9-11-21(20)35-6)17-37-18(2)13-32-16-30-22-23(27)28-15-29-24(22)32/h8-11,15-16,18-19H,7,12-14,17H2,1-6H3,(H,31,34)(H2,27,28,29)/t18-,19+,38?/m1/s1. The molecule has 3 atom stereocenters. The number of methoxy groups -OCH3 is 1. The molecule has 208 valence electrons. The summed E-state index contributed by atoms with van der Waals surface area (Å²) in [6.07, 6.45) is 3.37. The van der Waals surface area contributed by atoms with Gasteiger partial charge in [-0.25, -0.2) is 15.0 Å². The number of benzene rings is 1. The molecule has 0 spiro atoms. The second kappa shape index (κ2) is 12.7. The molecule has 1 unspecified atom stereocenters. The average Bonchev–Trinajstić information content (AvgIpc) is 3.29. The van der Waals surface area contributed by atoms with Crippen LogP contribution in [0.1, 0.15) is 52.6 Å². The van der Waals surface area contributed by atoms with Crippen molar-refractivity contribution in [3.05, 3.63) is 42.5 Å². The Labute approximate surface area is 223 Å². The van der Waals surface area contributed by atoms with Crippen molar-refractivity contribution in [3.8, 4) is 5.75 Å². The van der Waals surface area contributed by atoms with E-state index in [-0.39, 0.29) is 30.6 Å². The van der Waals surface area contributed by atoms with Gasteiger partial charge in [-0.1, -0.05) is 25.1 Å². The van der Waals surface area contributed by atoms with Crippen LogP contribution in [0.4, 0.5) is 5.82 Å². The van der Waals surface area contributed by atoms with Crippen molar-refractivity contribution in [2.45, 2.75) is 59.7 Å². The van der Waals surface area contributed by atoms with E-state index in [2.05, 4.69) is 20.0 Å². The quantitative estimate of drug-likeness (QED) is 0.221. The highest BCUT2D eigenvalue weighted by Crippen LogP contribution is 2.49. The fourth-order valence-corrected chi connectivity index (χ4v) is 7.28. The predicted octanol–water partition coefficient (Wildman–Crippen LogP) is 4.39. The normalized spacial score (nSPS) is 15.1. The number of fused-ring (bicyclic) bond motifs is 1. The maximum Gasteiger partial charge on any atom is 0.312 e. The van der Waals surface area contributed by atoms with Crippen molar-refractivity contribution in [2.75, 3.05) is 32.0 Å². The number of rotatable bonds is 14. The van der Waals surface area contributed by atoms with E-state index < -0.39 is 12.7 Å². The van der Waals surface area contributed by atoms with Crippen LogP contribution in [-0.4, -0.2) is 57.8 Å². The summed E-state index contributed by atoms with van der Waals surface area (Å²) in [4.78, 5) is 25.3. The van der Waals surface area contributed by atoms with Gasteiger partial charge in [0.25, 0.3) is 0 Å². The molecule has 0 radical (unpaired) electrons. The van der Waals surface area contributed by atoms with Crippen LogP contribution in [-0.2, 0) is 25.4 Å². The number of nitrogens with two attached hydrogens (primary N) is 1. The molecular weight excluding hydrogens is 507 g/mol. The van der Waals surface area contributed by atoms with Gasteiger partial charge in [-0.15, -0.1) is 0 Å². The molecule has 0 aliphatic heterocycles. The Kier molecular flexibility index (Phi) is 9.87. The van der Waals surface area contributed by atoms with Crippen LogP contribution >= 0.6 is 7.29 Å². The van der Waals surface area contributed by atoms with Gasteiger partial charge >= 0.3 is 5.97 Å². The zero-order valence-corrected chi connectivity index (χ0v) is 23.9.